The van der Waals surface area contributed by atoms with Crippen molar-refractivity contribution in [2.75, 3.05) is 5.73 Å². The van der Waals surface area contributed by atoms with Crippen molar-refractivity contribution in [3.63, 3.8) is 0 Å². The van der Waals surface area contributed by atoms with Gasteiger partial charge in [-0.3, -0.25) is 9.78 Å². The summed E-state index contributed by atoms with van der Waals surface area (Å²) in [5.74, 6) is -0.342. The lowest BCUT2D eigenvalue weighted by Gasteiger charge is -2.07. The first-order chi connectivity index (χ1) is 9.16. The van der Waals surface area contributed by atoms with Gasteiger partial charge in [0.15, 0.2) is 0 Å². The summed E-state index contributed by atoms with van der Waals surface area (Å²) in [6.45, 7) is 0.132. The molecule has 0 amide bonds. The summed E-state index contributed by atoms with van der Waals surface area (Å²) >= 11 is 5.92. The number of para-hydroxylation sites is 1. The molecular formula is C14H13ClN2O2. The Morgan fingerprint density at radius 3 is 2.79 bits per heavy atom. The zero-order valence-electron chi connectivity index (χ0n) is 10.2. The van der Waals surface area contributed by atoms with E-state index in [0.717, 1.165) is 11.1 Å². The molecule has 98 valence electrons. The number of hydrogen-bond donors (Lipinski definition) is 1. The molecule has 0 atom stereocenters. The number of pyridine rings is 1. The summed E-state index contributed by atoms with van der Waals surface area (Å²) < 4.78 is 5.16. The maximum Gasteiger partial charge on any atom is 0.310 e. The number of nitrogen functional groups attached to an aromatic ring is 1. The number of anilines is 1. The number of hydrogen-bond acceptors (Lipinski definition) is 4. The Labute approximate surface area is 116 Å². The summed E-state index contributed by atoms with van der Waals surface area (Å²) in [5, 5.41) is 0.481. The molecule has 0 unspecified atom stereocenters. The molecule has 0 radical (unpaired) electrons. The molecule has 0 bridgehead atoms. The fourth-order valence-corrected chi connectivity index (χ4v) is 1.75. The Kier molecular flexibility index (Phi) is 4.36. The smallest absolute Gasteiger partial charge is 0.310 e. The second-order valence-electron chi connectivity index (χ2n) is 4.00. The standard InChI is InChI=1S/C14H13ClN2O2/c15-12-8-17-6-5-11(12)9-19-14(18)7-10-3-1-2-4-13(10)16/h1-6,8H,7,9,16H2. The van der Waals surface area contributed by atoms with Crippen LogP contribution in [0.2, 0.25) is 5.02 Å². The molecule has 2 aromatic rings. The molecule has 1 heterocycles. The fourth-order valence-electron chi connectivity index (χ4n) is 1.58. The highest BCUT2D eigenvalue weighted by Crippen LogP contribution is 2.16. The van der Waals surface area contributed by atoms with Crippen LogP contribution in [0.4, 0.5) is 5.69 Å². The normalized spacial score (nSPS) is 10.2. The summed E-state index contributed by atoms with van der Waals surface area (Å²) in [4.78, 5) is 15.6. The van der Waals surface area contributed by atoms with Crippen LogP contribution in [0.15, 0.2) is 42.7 Å². The van der Waals surface area contributed by atoms with Crippen molar-refractivity contribution in [2.24, 2.45) is 0 Å². The van der Waals surface area contributed by atoms with Crippen LogP contribution in [0.25, 0.3) is 0 Å². The van der Waals surface area contributed by atoms with E-state index >= 15 is 0 Å². The van der Waals surface area contributed by atoms with E-state index in [1.807, 2.05) is 12.1 Å². The second kappa shape index (κ2) is 6.20. The topological polar surface area (TPSA) is 65.2 Å². The quantitative estimate of drug-likeness (QED) is 0.689. The monoisotopic (exact) mass is 276 g/mol. The number of nitrogens with two attached hydrogens (primary N) is 1. The van der Waals surface area contributed by atoms with Crippen LogP contribution in [0, 0.1) is 0 Å². The van der Waals surface area contributed by atoms with Crippen molar-refractivity contribution in [2.45, 2.75) is 13.0 Å². The Bertz CT molecular complexity index is 587. The van der Waals surface area contributed by atoms with Gasteiger partial charge in [0.25, 0.3) is 0 Å². The van der Waals surface area contributed by atoms with E-state index in [2.05, 4.69) is 4.98 Å². The number of rotatable bonds is 4. The second-order valence-corrected chi connectivity index (χ2v) is 4.41. The lowest BCUT2D eigenvalue weighted by molar-refractivity contribution is -0.144. The molecule has 5 heteroatoms. The van der Waals surface area contributed by atoms with Crippen LogP contribution in [-0.2, 0) is 22.6 Å². The van der Waals surface area contributed by atoms with Crippen molar-refractivity contribution in [1.82, 2.24) is 4.98 Å². The summed E-state index contributed by atoms with van der Waals surface area (Å²) in [6, 6.07) is 8.92. The van der Waals surface area contributed by atoms with Crippen LogP contribution in [-0.4, -0.2) is 11.0 Å². The van der Waals surface area contributed by atoms with Gasteiger partial charge in [-0.05, 0) is 17.7 Å². The minimum atomic E-state index is -0.342. The molecule has 0 saturated heterocycles. The zero-order chi connectivity index (χ0) is 13.7. The van der Waals surface area contributed by atoms with E-state index in [0.29, 0.717) is 10.7 Å². The van der Waals surface area contributed by atoms with E-state index in [1.165, 1.54) is 6.20 Å². The van der Waals surface area contributed by atoms with Gasteiger partial charge in [-0.2, -0.15) is 0 Å². The van der Waals surface area contributed by atoms with E-state index in [4.69, 9.17) is 22.1 Å². The summed E-state index contributed by atoms with van der Waals surface area (Å²) in [7, 11) is 0. The molecule has 0 aliphatic heterocycles. The van der Waals surface area contributed by atoms with Gasteiger partial charge in [-0.25, -0.2) is 0 Å². The Balaban J connectivity index is 1.92. The Hall–Kier alpha value is -2.07. The van der Waals surface area contributed by atoms with Crippen molar-refractivity contribution in [1.29, 1.82) is 0 Å². The lowest BCUT2D eigenvalue weighted by atomic mass is 10.1. The molecule has 2 rings (SSSR count). The highest BCUT2D eigenvalue weighted by molar-refractivity contribution is 6.31. The van der Waals surface area contributed by atoms with Crippen LogP contribution in [0.3, 0.4) is 0 Å². The first-order valence-electron chi connectivity index (χ1n) is 5.74. The molecule has 19 heavy (non-hydrogen) atoms. The third-order valence-electron chi connectivity index (χ3n) is 2.63. The molecule has 1 aromatic carbocycles. The summed E-state index contributed by atoms with van der Waals surface area (Å²) in [5.41, 5.74) is 7.83. The molecule has 0 spiro atoms. The van der Waals surface area contributed by atoms with E-state index in [-0.39, 0.29) is 19.0 Å². The molecule has 2 N–H and O–H groups in total. The predicted octanol–water partition coefficient (Wildman–Crippen LogP) is 2.60. The van der Waals surface area contributed by atoms with Gasteiger partial charge in [0, 0.05) is 23.6 Å². The van der Waals surface area contributed by atoms with Gasteiger partial charge in [-0.1, -0.05) is 29.8 Å². The lowest BCUT2D eigenvalue weighted by Crippen LogP contribution is -2.09. The van der Waals surface area contributed by atoms with Crippen LogP contribution in [0.5, 0.6) is 0 Å². The Morgan fingerprint density at radius 1 is 1.26 bits per heavy atom. The first kappa shape index (κ1) is 13.4. The number of carbonyl (C=O) groups is 1. The molecule has 0 fully saturated rings. The first-order valence-corrected chi connectivity index (χ1v) is 6.12. The average molecular weight is 277 g/mol. The number of nitrogens with zero attached hydrogens (tertiary/aromatic N) is 1. The van der Waals surface area contributed by atoms with Gasteiger partial charge in [0.05, 0.1) is 11.4 Å². The fraction of sp³-hybridized carbons (Fsp3) is 0.143. The molecular weight excluding hydrogens is 264 g/mol. The van der Waals surface area contributed by atoms with E-state index in [9.17, 15) is 4.79 Å². The molecule has 0 saturated carbocycles. The SMILES string of the molecule is Nc1ccccc1CC(=O)OCc1ccncc1Cl. The van der Waals surface area contributed by atoms with E-state index < -0.39 is 0 Å². The minimum Gasteiger partial charge on any atom is -0.460 e. The number of esters is 1. The molecule has 1 aromatic heterocycles. The van der Waals surface area contributed by atoms with Gasteiger partial charge in [0.1, 0.15) is 6.61 Å². The van der Waals surface area contributed by atoms with Crippen molar-refractivity contribution >= 4 is 23.3 Å². The summed E-state index contributed by atoms with van der Waals surface area (Å²) in [6.07, 6.45) is 3.26. The van der Waals surface area contributed by atoms with Gasteiger partial charge in [0.2, 0.25) is 0 Å². The number of carbonyl (C=O) groups excluding carboxylic acids is 1. The minimum absolute atomic E-state index is 0.132. The van der Waals surface area contributed by atoms with Crippen molar-refractivity contribution < 1.29 is 9.53 Å². The molecule has 4 nitrogen and oxygen atoms in total. The van der Waals surface area contributed by atoms with Gasteiger partial charge >= 0.3 is 5.97 Å². The third-order valence-corrected chi connectivity index (χ3v) is 2.98. The highest BCUT2D eigenvalue weighted by atomic mass is 35.5. The average Bonchev–Trinajstić information content (AvgIpc) is 2.40. The molecule has 0 aliphatic carbocycles. The number of benzene rings is 1. The number of aromatic nitrogens is 1. The number of halogens is 1. The maximum absolute atomic E-state index is 11.7. The highest BCUT2D eigenvalue weighted by Gasteiger charge is 2.08. The van der Waals surface area contributed by atoms with Gasteiger partial charge < -0.3 is 10.5 Å². The van der Waals surface area contributed by atoms with Crippen LogP contribution < -0.4 is 5.73 Å². The van der Waals surface area contributed by atoms with Crippen molar-refractivity contribution in [3.05, 3.63) is 58.9 Å². The molecule has 0 aliphatic rings. The third kappa shape index (κ3) is 3.69. The van der Waals surface area contributed by atoms with E-state index in [1.54, 1.807) is 24.4 Å². The van der Waals surface area contributed by atoms with Crippen LogP contribution in [0.1, 0.15) is 11.1 Å². The van der Waals surface area contributed by atoms with Crippen molar-refractivity contribution in [3.8, 4) is 0 Å². The van der Waals surface area contributed by atoms with Gasteiger partial charge in [-0.15, -0.1) is 0 Å². The number of ether oxygens (including phenoxy) is 1. The predicted molar refractivity (Wildman–Crippen MR) is 73.6 cm³/mol. The largest absolute Gasteiger partial charge is 0.460 e. The zero-order valence-corrected chi connectivity index (χ0v) is 10.9. The maximum atomic E-state index is 11.7. The Morgan fingerprint density at radius 2 is 2.05 bits per heavy atom. The van der Waals surface area contributed by atoms with Crippen LogP contribution >= 0.6 is 11.6 Å².